The van der Waals surface area contributed by atoms with E-state index in [0.717, 1.165) is 0 Å². The van der Waals surface area contributed by atoms with Crippen molar-refractivity contribution < 1.29 is 24.9 Å². The zero-order chi connectivity index (χ0) is 7.86. The number of hydrogen-bond acceptors (Lipinski definition) is 2. The molecular weight excluding hydrogens is 122 g/mol. The average Bonchev–Trinajstić information content (AvgIpc) is 1.65. The fourth-order valence-corrected chi connectivity index (χ4v) is 0. The molecule has 0 aromatic heterocycles. The van der Waals surface area contributed by atoms with E-state index in [0.29, 0.717) is 0 Å². The van der Waals surface area contributed by atoms with Gasteiger partial charge in [-0.3, -0.25) is 0 Å². The molecule has 0 heterocycles. The molecule has 0 spiro atoms. The normalized spacial score (nSPS) is 6.44. The van der Waals surface area contributed by atoms with Gasteiger partial charge < -0.3 is 10.2 Å². The van der Waals surface area contributed by atoms with Crippen LogP contribution in [0.4, 0.5) is 9.59 Å². The predicted octanol–water partition coefficient (Wildman–Crippen LogP) is -0.593. The second kappa shape index (κ2) is 7.40. The fraction of sp³-hybridized carbons (Fsp3) is 0. The van der Waals surface area contributed by atoms with Crippen LogP contribution >= 0.6 is 0 Å². The maximum atomic E-state index is 9.37. The fourth-order valence-electron chi connectivity index (χ4n) is 0. The second-order valence-electron chi connectivity index (χ2n) is 1.03. The average molecular weight is 126 g/mol. The number of carbonyl (C=O) groups is 2. The van der Waals surface area contributed by atoms with Gasteiger partial charge in [-0.25, -0.2) is 4.79 Å². The van der Waals surface area contributed by atoms with Gasteiger partial charge in [-0.15, -0.1) is 0 Å². The molecule has 3 N–H and O–H groups in total. The molecule has 0 aliphatic carbocycles. The maximum absolute atomic E-state index is 9.37. The first-order chi connectivity index (χ1) is 4.00. The molecule has 9 heavy (non-hydrogen) atoms. The Morgan fingerprint density at radius 3 is 1.33 bits per heavy atom. The Labute approximate surface area is 60.9 Å². The molecule has 0 rings (SSSR count). The van der Waals surface area contributed by atoms with Crippen molar-refractivity contribution in [3.8, 4) is 0 Å². The predicted molar refractivity (Wildman–Crippen MR) is 31.6 cm³/mol. The van der Waals surface area contributed by atoms with Crippen LogP contribution in [0.1, 0.15) is 0 Å². The Morgan fingerprint density at radius 2 is 1.33 bits per heavy atom. The molecule has 0 atom stereocenters. The molecule has 7 heteroatoms. The van der Waals surface area contributed by atoms with Crippen molar-refractivity contribution in [1.82, 2.24) is 0 Å². The minimum absolute atomic E-state index is 0.222. The van der Waals surface area contributed by atoms with Gasteiger partial charge in [0, 0.05) is 0 Å². The van der Waals surface area contributed by atoms with Gasteiger partial charge in [0.2, 0.25) is 0 Å². The molecule has 46 valence electrons. The van der Waals surface area contributed by atoms with Crippen molar-refractivity contribution in [3.63, 3.8) is 0 Å². The molecular formula is C2H4BLiO5. The van der Waals surface area contributed by atoms with Gasteiger partial charge in [-0.05, 0) is 0 Å². The van der Waals surface area contributed by atoms with Crippen molar-refractivity contribution in [2.45, 2.75) is 0 Å². The van der Waals surface area contributed by atoms with Crippen LogP contribution in [-0.2, 0) is 0 Å². The summed E-state index contributed by atoms with van der Waals surface area (Å²) >= 11 is 1.60. The van der Waals surface area contributed by atoms with E-state index < -0.39 is 12.0 Å². The van der Waals surface area contributed by atoms with E-state index in [4.69, 9.17) is 20.1 Å². The van der Waals surface area contributed by atoms with Crippen LogP contribution in [0.25, 0.3) is 0 Å². The van der Waals surface area contributed by atoms with Crippen molar-refractivity contribution in [3.05, 3.63) is 0 Å². The first-order valence-electron chi connectivity index (χ1n) is 2.14. The van der Waals surface area contributed by atoms with E-state index in [-0.39, 0.29) is 5.85 Å². The van der Waals surface area contributed by atoms with Crippen LogP contribution in [0.2, 0.25) is 0 Å². The van der Waals surface area contributed by atoms with Gasteiger partial charge in [0.1, 0.15) is 0 Å². The van der Waals surface area contributed by atoms with Crippen molar-refractivity contribution in [1.29, 1.82) is 0 Å². The Bertz CT molecular complexity index is 99.1. The summed E-state index contributed by atoms with van der Waals surface area (Å²) in [7, 11) is 0. The Morgan fingerprint density at radius 1 is 1.22 bits per heavy atom. The molecule has 0 saturated carbocycles. The summed E-state index contributed by atoms with van der Waals surface area (Å²) in [5.41, 5.74) is 0. The molecule has 0 aromatic carbocycles. The van der Waals surface area contributed by atoms with Gasteiger partial charge in [-0.1, -0.05) is 0 Å². The Hall–Kier alpha value is -0.598. The second-order valence-corrected chi connectivity index (χ2v) is 1.03. The summed E-state index contributed by atoms with van der Waals surface area (Å²) < 4.78 is 0. The van der Waals surface area contributed by atoms with Gasteiger partial charge in [0.05, 0.1) is 0 Å². The molecule has 0 fully saturated rings. The van der Waals surface area contributed by atoms with Crippen LogP contribution < -0.4 is 0 Å². The molecule has 0 aromatic rings. The van der Waals surface area contributed by atoms with E-state index in [1.165, 1.54) is 0 Å². The summed E-state index contributed by atoms with van der Waals surface area (Å²) in [5.74, 6) is -0.523. The number of hydrogen-bond donors (Lipinski definition) is 3. The van der Waals surface area contributed by atoms with Gasteiger partial charge in [0.15, 0.2) is 0 Å². The quantitative estimate of drug-likeness (QED) is 0.408. The molecule has 0 saturated heterocycles. The van der Waals surface area contributed by atoms with E-state index >= 15 is 0 Å². The molecule has 0 aliphatic rings. The van der Waals surface area contributed by atoms with Gasteiger partial charge in [-0.2, -0.15) is 0 Å². The molecule has 0 radical (unpaired) electrons. The third-order valence-electron chi connectivity index (χ3n) is 0.302. The van der Waals surface area contributed by atoms with Crippen molar-refractivity contribution in [2.75, 3.05) is 0 Å². The summed E-state index contributed by atoms with van der Waals surface area (Å²) in [6.07, 6.45) is -1.83. The molecule has 0 aliphatic heterocycles. The third-order valence-corrected chi connectivity index (χ3v) is 0.302. The standard InChI is InChI=1S/CHBO2.CH2O3.Li/c2*2-1(3)4;/h2H;(H2,2,3,4);/q;;-1/p+1. The first-order valence-corrected chi connectivity index (χ1v) is 2.14. The van der Waals surface area contributed by atoms with E-state index in [9.17, 15) is 4.79 Å². The summed E-state index contributed by atoms with van der Waals surface area (Å²) in [6.45, 7) is 0. The summed E-state index contributed by atoms with van der Waals surface area (Å²) in [4.78, 5) is 17.9. The van der Waals surface area contributed by atoms with E-state index in [1.807, 2.05) is 0 Å². The zero-order valence-electron chi connectivity index (χ0n) is 4.87. The van der Waals surface area contributed by atoms with Crippen LogP contribution in [-0.4, -0.2) is 50.7 Å². The van der Waals surface area contributed by atoms with Gasteiger partial charge in [0.25, 0.3) is 0 Å². The molecule has 0 amide bonds. The van der Waals surface area contributed by atoms with Crippen molar-refractivity contribution >= 4 is 35.4 Å². The van der Waals surface area contributed by atoms with Crippen molar-refractivity contribution in [2.24, 2.45) is 0 Å². The Balaban J connectivity index is 0. The van der Waals surface area contributed by atoms with Crippen LogP contribution in [0.5, 0.6) is 0 Å². The third kappa shape index (κ3) is 110. The molecule has 0 bridgehead atoms. The summed E-state index contributed by atoms with van der Waals surface area (Å²) in [6, 6.07) is 0. The number of carboxylic acid groups (broad SMARTS) is 3. The monoisotopic (exact) mass is 126 g/mol. The number of rotatable bonds is 1. The SMILES string of the molecule is O=C(O)O.[Li][BH]C(=O)O. The Kier molecular flexibility index (Phi) is 9.24. The van der Waals surface area contributed by atoms with Gasteiger partial charge >= 0.3 is 45.3 Å². The van der Waals surface area contributed by atoms with Crippen LogP contribution in [0, 0.1) is 0 Å². The van der Waals surface area contributed by atoms with E-state index in [2.05, 4.69) is 0 Å². The first kappa shape index (κ1) is 11.2. The molecule has 0 unspecified atom stereocenters. The molecule has 5 nitrogen and oxygen atoms in total. The van der Waals surface area contributed by atoms with Crippen LogP contribution in [0.15, 0.2) is 0 Å². The minimum atomic E-state index is -1.83. The topological polar surface area (TPSA) is 94.8 Å². The van der Waals surface area contributed by atoms with E-state index in [1.54, 1.807) is 17.5 Å². The van der Waals surface area contributed by atoms with Crippen LogP contribution in [0.3, 0.4) is 0 Å². The zero-order valence-corrected chi connectivity index (χ0v) is 4.87. The summed E-state index contributed by atoms with van der Waals surface area (Å²) in [5, 5.41) is 21.7.